The van der Waals surface area contributed by atoms with Crippen LogP contribution in [-0.2, 0) is 0 Å². The molecule has 0 N–H and O–H groups in total. The first-order valence-electron chi connectivity index (χ1n) is 20.1. The van der Waals surface area contributed by atoms with Gasteiger partial charge in [0.1, 0.15) is 0 Å². The maximum absolute atomic E-state index is 9.85. The van der Waals surface area contributed by atoms with E-state index in [-0.39, 0.29) is 57.6 Å². The lowest BCUT2D eigenvalue weighted by Crippen LogP contribution is -1.94. The van der Waals surface area contributed by atoms with Gasteiger partial charge in [-0.2, -0.15) is 0 Å². The summed E-state index contributed by atoms with van der Waals surface area (Å²) in [6.45, 7) is 0. The quantitative estimate of drug-likeness (QED) is 0.177. The number of benzene rings is 8. The van der Waals surface area contributed by atoms with Crippen LogP contribution in [0.3, 0.4) is 0 Å². The van der Waals surface area contributed by atoms with Crippen LogP contribution in [0.1, 0.15) is 9.60 Å². The Labute approximate surface area is 300 Å². The van der Waals surface area contributed by atoms with Crippen molar-refractivity contribution in [1.29, 1.82) is 0 Å². The molecule has 2 heterocycles. The second-order valence-corrected chi connectivity index (χ2v) is 12.4. The zero-order chi connectivity index (χ0) is 39.1. The Morgan fingerprint density at radius 3 is 1.82 bits per heavy atom. The number of para-hydroxylation sites is 2. The van der Waals surface area contributed by atoms with E-state index < -0.39 is 12.1 Å². The maximum Gasteiger partial charge on any atom is 0.0645 e. The van der Waals surface area contributed by atoms with Crippen molar-refractivity contribution in [3.8, 4) is 44.8 Å². The normalized spacial score (nSPS) is 13.6. The van der Waals surface area contributed by atoms with Crippen molar-refractivity contribution in [1.82, 2.24) is 9.13 Å². The smallest absolute Gasteiger partial charge is 0.0645 e. The van der Waals surface area contributed by atoms with Gasteiger partial charge in [0.05, 0.1) is 31.7 Å². The van der Waals surface area contributed by atoms with E-state index in [2.05, 4.69) is 47.0 Å². The van der Waals surface area contributed by atoms with E-state index in [0.717, 1.165) is 49.7 Å². The number of nitrogens with zero attached hydrogens (tertiary/aromatic N) is 2. The van der Waals surface area contributed by atoms with E-state index >= 15 is 0 Å². The first kappa shape index (κ1) is 22.1. The number of aromatic nitrogens is 2. The molecule has 50 heavy (non-hydrogen) atoms. The predicted octanol–water partition coefficient (Wildman–Crippen LogP) is 12.9. The van der Waals surface area contributed by atoms with E-state index in [9.17, 15) is 4.11 Å². The summed E-state index contributed by atoms with van der Waals surface area (Å²) in [5.74, 6) is 0. The highest BCUT2D eigenvalue weighted by Crippen LogP contribution is 2.41. The Bertz CT molecular complexity index is 3240. The second-order valence-electron chi connectivity index (χ2n) is 12.4. The number of hydrogen-bond acceptors (Lipinski definition) is 0. The largest absolute Gasteiger partial charge is 0.309 e. The second kappa shape index (κ2) is 11.5. The summed E-state index contributed by atoms with van der Waals surface area (Å²) in [5.41, 5.74) is 8.55. The molecule has 0 spiro atoms. The van der Waals surface area contributed by atoms with Crippen LogP contribution in [0.2, 0.25) is 0 Å². The number of hydrogen-bond donors (Lipinski definition) is 0. The summed E-state index contributed by atoms with van der Waals surface area (Å²) in [4.78, 5) is 0. The van der Waals surface area contributed by atoms with Gasteiger partial charge in [0.25, 0.3) is 0 Å². The van der Waals surface area contributed by atoms with Crippen LogP contribution >= 0.6 is 0 Å². The molecule has 0 bridgehead atoms. The van der Waals surface area contributed by atoms with Gasteiger partial charge in [0.2, 0.25) is 0 Å². The van der Waals surface area contributed by atoms with Crippen LogP contribution in [0.25, 0.3) is 88.4 Å². The van der Waals surface area contributed by atoms with Crippen molar-refractivity contribution >= 4 is 43.6 Å². The summed E-state index contributed by atoms with van der Waals surface area (Å²) in [6.07, 6.45) is 0. The minimum absolute atomic E-state index is 0.0755. The molecule has 8 aromatic carbocycles. The fourth-order valence-electron chi connectivity index (χ4n) is 7.31. The molecule has 2 nitrogen and oxygen atoms in total. The SMILES string of the molecule is [2H]c1c([2H])c([2H])c2c(c1[2H])c1c([2H])c(-c3ccc4c(c3)c3c(-c5ccccc5)cccc3n4-c3ccccc3)c([2H])c([2H])c1n2-c1cccc(-c2ccccc2)c1. The number of fused-ring (bicyclic) bond motifs is 6. The summed E-state index contributed by atoms with van der Waals surface area (Å²) in [6, 6.07) is 48.0. The zero-order valence-corrected chi connectivity index (χ0v) is 26.8. The summed E-state index contributed by atoms with van der Waals surface area (Å²) in [5, 5.41) is 2.28. The molecule has 10 rings (SSSR count). The molecule has 0 aliphatic carbocycles. The molecule has 234 valence electrons. The van der Waals surface area contributed by atoms with Gasteiger partial charge >= 0.3 is 0 Å². The molecule has 0 aliphatic rings. The van der Waals surface area contributed by atoms with Gasteiger partial charge in [-0.15, -0.1) is 0 Å². The first-order valence-corrected chi connectivity index (χ1v) is 16.6. The van der Waals surface area contributed by atoms with Crippen LogP contribution in [0, 0.1) is 0 Å². The predicted molar refractivity (Wildman–Crippen MR) is 211 cm³/mol. The van der Waals surface area contributed by atoms with Crippen molar-refractivity contribution in [3.63, 3.8) is 0 Å². The van der Waals surface area contributed by atoms with Crippen LogP contribution in [0.4, 0.5) is 0 Å². The lowest BCUT2D eigenvalue weighted by Gasteiger charge is -2.11. The van der Waals surface area contributed by atoms with Gasteiger partial charge in [-0.05, 0) is 94.0 Å². The summed E-state index contributed by atoms with van der Waals surface area (Å²) >= 11 is 0. The van der Waals surface area contributed by atoms with E-state index in [0.29, 0.717) is 11.3 Å². The van der Waals surface area contributed by atoms with Crippen LogP contribution in [0.15, 0.2) is 194 Å². The average Bonchev–Trinajstić information content (AvgIpc) is 3.79. The molecule has 0 atom stereocenters. The molecule has 0 aliphatic heterocycles. The third kappa shape index (κ3) is 4.50. The van der Waals surface area contributed by atoms with Gasteiger partial charge in [-0.3, -0.25) is 0 Å². The Morgan fingerprint density at radius 1 is 0.360 bits per heavy atom. The van der Waals surface area contributed by atoms with E-state index in [1.807, 2.05) is 109 Å². The van der Waals surface area contributed by atoms with Gasteiger partial charge in [-0.1, -0.05) is 133 Å². The Morgan fingerprint density at radius 2 is 1.00 bits per heavy atom. The highest BCUT2D eigenvalue weighted by molar-refractivity contribution is 6.17. The fourth-order valence-corrected chi connectivity index (χ4v) is 7.31. The molecule has 0 fully saturated rings. The van der Waals surface area contributed by atoms with Crippen molar-refractivity contribution in [2.75, 3.05) is 0 Å². The maximum atomic E-state index is 9.85. The molecule has 0 unspecified atom stereocenters. The molecule has 10 aromatic rings. The van der Waals surface area contributed by atoms with E-state index in [1.165, 1.54) is 0 Å². The summed E-state index contributed by atoms with van der Waals surface area (Å²) in [7, 11) is 0. The molecule has 0 saturated carbocycles. The van der Waals surface area contributed by atoms with Crippen LogP contribution < -0.4 is 0 Å². The Hall–Kier alpha value is -6.64. The lowest BCUT2D eigenvalue weighted by atomic mass is 9.97. The monoisotopic (exact) mass is 643 g/mol. The van der Waals surface area contributed by atoms with E-state index in [4.69, 9.17) is 5.48 Å². The fraction of sp³-hybridized carbons (Fsp3) is 0. The van der Waals surface area contributed by atoms with Crippen molar-refractivity contribution in [3.05, 3.63) is 194 Å². The Balaban J connectivity index is 1.30. The molecule has 2 aromatic heterocycles. The van der Waals surface area contributed by atoms with Gasteiger partial charge < -0.3 is 9.13 Å². The molecule has 0 radical (unpaired) electrons. The molecular formula is C48H32N2. The van der Waals surface area contributed by atoms with Crippen molar-refractivity contribution in [2.24, 2.45) is 0 Å². The molecule has 0 saturated heterocycles. The number of rotatable bonds is 5. The molecule has 0 amide bonds. The highest BCUT2D eigenvalue weighted by atomic mass is 15.0. The first-order chi connectivity index (χ1) is 27.7. The standard InChI is InChI=1S/C48H32N2/c1-4-14-33(15-5-1)35-18-12-21-39(30-35)50-44-24-11-10-22-41(44)42-31-36(26-28-45(42)50)37-27-29-46-43(32-37)48-40(34-16-6-2-7-17-34)23-13-25-47(48)49(46)38-19-8-3-9-20-38/h1-32H/i10D,11D,22D,24D,26D,28D,31D. The van der Waals surface area contributed by atoms with Crippen LogP contribution in [-0.4, -0.2) is 9.13 Å². The minimum atomic E-state index is -0.421. The summed E-state index contributed by atoms with van der Waals surface area (Å²) < 4.78 is 68.5. The van der Waals surface area contributed by atoms with Crippen LogP contribution in [0.5, 0.6) is 0 Å². The van der Waals surface area contributed by atoms with Gasteiger partial charge in [-0.25, -0.2) is 0 Å². The van der Waals surface area contributed by atoms with Crippen molar-refractivity contribution in [2.45, 2.75) is 0 Å². The topological polar surface area (TPSA) is 9.86 Å². The van der Waals surface area contributed by atoms with Crippen molar-refractivity contribution < 1.29 is 9.60 Å². The lowest BCUT2D eigenvalue weighted by molar-refractivity contribution is 1.18. The third-order valence-corrected chi connectivity index (χ3v) is 9.55. The average molecular weight is 644 g/mol. The Kier molecular flexibility index (Phi) is 5.08. The minimum Gasteiger partial charge on any atom is -0.309 e. The van der Waals surface area contributed by atoms with Gasteiger partial charge in [0, 0.05) is 32.9 Å². The molecule has 2 heteroatoms. The highest BCUT2D eigenvalue weighted by Gasteiger charge is 2.18. The van der Waals surface area contributed by atoms with Gasteiger partial charge in [0.15, 0.2) is 0 Å². The third-order valence-electron chi connectivity index (χ3n) is 9.55. The molecular weight excluding hydrogens is 605 g/mol. The zero-order valence-electron chi connectivity index (χ0n) is 33.8. The van der Waals surface area contributed by atoms with E-state index in [1.54, 1.807) is 4.57 Å².